The van der Waals surface area contributed by atoms with Crippen molar-refractivity contribution in [3.63, 3.8) is 0 Å². The Balaban J connectivity index is -0.0000000355. The summed E-state index contributed by atoms with van der Waals surface area (Å²) in [5.74, 6) is -2.33. The molecular formula is C14H28K2N4O4S2-4. The van der Waals surface area contributed by atoms with E-state index >= 15 is 0 Å². The van der Waals surface area contributed by atoms with Crippen LogP contribution in [0.3, 0.4) is 0 Å². The van der Waals surface area contributed by atoms with Crippen molar-refractivity contribution in [2.75, 3.05) is 0 Å². The van der Waals surface area contributed by atoms with Crippen molar-refractivity contribution in [3.8, 4) is 0 Å². The summed E-state index contributed by atoms with van der Waals surface area (Å²) < 4.78 is 0. The Morgan fingerprint density at radius 3 is 0.731 bits per heavy atom. The van der Waals surface area contributed by atoms with E-state index in [1.165, 1.54) is 27.7 Å². The summed E-state index contributed by atoms with van der Waals surface area (Å²) in [6, 6.07) is 0. The van der Waals surface area contributed by atoms with E-state index in [0.29, 0.717) is 10.5 Å². The van der Waals surface area contributed by atoms with Crippen LogP contribution in [0.4, 0.5) is 0 Å². The molecule has 0 aromatic heterocycles. The van der Waals surface area contributed by atoms with E-state index in [-0.39, 0.29) is 103 Å². The molecule has 4 N–H and O–H groups in total. The summed E-state index contributed by atoms with van der Waals surface area (Å²) in [5, 5.41) is 0.952. The number of carbonyl (C=O) groups is 4. The Labute approximate surface area is 251 Å². The van der Waals surface area contributed by atoms with E-state index in [2.05, 4.69) is 27.7 Å². The number of nitrogens with one attached hydrogen (secondary N) is 4. The fourth-order valence-electron chi connectivity index (χ4n) is 0.190. The van der Waals surface area contributed by atoms with Gasteiger partial charge in [-0.05, 0) is 27.7 Å². The molecule has 0 saturated heterocycles. The predicted octanol–water partition coefficient (Wildman–Crippen LogP) is -0.839. The maximum Gasteiger partial charge on any atom is 1.00 e. The van der Waals surface area contributed by atoms with Gasteiger partial charge in [-0.15, -0.1) is 32.1 Å². The Hall–Kier alpha value is 1.85. The van der Waals surface area contributed by atoms with Gasteiger partial charge in [0.05, 0.1) is 0 Å². The molecule has 0 saturated carbocycles. The van der Waals surface area contributed by atoms with Crippen LogP contribution in [-0.2, 0) is 19.2 Å². The molecule has 0 aliphatic heterocycles. The summed E-state index contributed by atoms with van der Waals surface area (Å²) in [6.07, 6.45) is 0. The first-order chi connectivity index (χ1) is 10.6. The number of hydrogen-bond acceptors (Lipinski definition) is 6. The molecule has 146 valence electrons. The summed E-state index contributed by atoms with van der Waals surface area (Å²) in [6.45, 7) is 16.6. The molecule has 2 atom stereocenters. The van der Waals surface area contributed by atoms with Crippen LogP contribution in [-0.4, -0.2) is 34.1 Å². The van der Waals surface area contributed by atoms with E-state index in [0.717, 1.165) is 0 Å². The van der Waals surface area contributed by atoms with Crippen molar-refractivity contribution in [1.82, 2.24) is 0 Å². The minimum Gasteiger partial charge on any atom is -0.668 e. The first kappa shape index (κ1) is 46.2. The van der Waals surface area contributed by atoms with Gasteiger partial charge in [-0.3, -0.25) is 0 Å². The van der Waals surface area contributed by atoms with Crippen molar-refractivity contribution in [2.45, 2.75) is 52.0 Å². The van der Waals surface area contributed by atoms with Crippen LogP contribution >= 0.6 is 21.6 Å². The molecule has 26 heavy (non-hydrogen) atoms. The second-order valence-corrected chi connectivity index (χ2v) is 7.19. The molecule has 0 fully saturated rings. The SMILES string of the molecule is CC([NH-])=O.CC([NH-])=O.CC([NH-])=O.CC([NH-])=O.[CH2-]C(C)SSC([CH2-])C.[K+].[K+]. The van der Waals surface area contributed by atoms with Gasteiger partial charge in [-0.1, -0.05) is 13.8 Å². The van der Waals surface area contributed by atoms with Gasteiger partial charge < -0.3 is 56.0 Å². The zero-order valence-electron chi connectivity index (χ0n) is 17.0. The van der Waals surface area contributed by atoms with E-state index in [9.17, 15) is 0 Å². The molecule has 0 aliphatic carbocycles. The van der Waals surface area contributed by atoms with E-state index in [1.54, 1.807) is 21.6 Å². The van der Waals surface area contributed by atoms with Crippen LogP contribution in [0, 0.1) is 13.8 Å². The molecule has 0 radical (unpaired) electrons. The van der Waals surface area contributed by atoms with Crippen LogP contribution in [0.25, 0.3) is 22.9 Å². The van der Waals surface area contributed by atoms with Gasteiger partial charge in [0.2, 0.25) is 0 Å². The molecule has 8 nitrogen and oxygen atoms in total. The van der Waals surface area contributed by atoms with Crippen molar-refractivity contribution in [1.29, 1.82) is 0 Å². The van der Waals surface area contributed by atoms with Crippen LogP contribution < -0.4 is 103 Å². The standard InChI is InChI=1S/C6H12S2.4C2H5NO.2K/c1-5(2)7-8-6(3)4;4*1-2(3)4;;/h5-6H,1,3H2,2,4H3;4*1H3,(H2,3,4);;/q-2;;;;;2*+1/p-4. The first-order valence-electron chi connectivity index (χ1n) is 6.43. The predicted molar refractivity (Wildman–Crippen MR) is 105 cm³/mol. The van der Waals surface area contributed by atoms with Crippen molar-refractivity contribution >= 4 is 45.2 Å². The summed E-state index contributed by atoms with van der Waals surface area (Å²) in [5.41, 5.74) is 23.8. The van der Waals surface area contributed by atoms with Gasteiger partial charge >= 0.3 is 103 Å². The van der Waals surface area contributed by atoms with Crippen LogP contribution in [0.1, 0.15) is 41.5 Å². The molecule has 4 amide bonds. The largest absolute Gasteiger partial charge is 1.00 e. The van der Waals surface area contributed by atoms with Crippen molar-refractivity contribution < 1.29 is 122 Å². The van der Waals surface area contributed by atoms with Crippen molar-refractivity contribution in [2.24, 2.45) is 0 Å². The minimum atomic E-state index is -0.583. The molecule has 12 heteroatoms. The summed E-state index contributed by atoms with van der Waals surface area (Å²) >= 11 is 0. The second kappa shape index (κ2) is 37.6. The third-order valence-electron chi connectivity index (χ3n) is 0.384. The molecule has 0 heterocycles. The van der Waals surface area contributed by atoms with Gasteiger partial charge in [0.1, 0.15) is 0 Å². The quantitative estimate of drug-likeness (QED) is 0.304. The van der Waals surface area contributed by atoms with Gasteiger partial charge in [0.15, 0.2) is 0 Å². The Morgan fingerprint density at radius 2 is 0.692 bits per heavy atom. The summed E-state index contributed by atoms with van der Waals surface area (Å²) in [7, 11) is 3.56. The van der Waals surface area contributed by atoms with Crippen molar-refractivity contribution in [3.05, 3.63) is 36.8 Å². The van der Waals surface area contributed by atoms with Gasteiger partial charge in [0, 0.05) is 23.6 Å². The van der Waals surface area contributed by atoms with Crippen LogP contribution in [0.5, 0.6) is 0 Å². The van der Waals surface area contributed by atoms with Gasteiger partial charge in [-0.2, -0.15) is 0 Å². The number of hydrogen-bond donors (Lipinski definition) is 0. The fraction of sp³-hybridized carbons (Fsp3) is 0.571. The number of rotatable bonds is 3. The maximum atomic E-state index is 9.11. The molecule has 2 unspecified atom stereocenters. The summed E-state index contributed by atoms with van der Waals surface area (Å²) in [4.78, 5) is 36.4. The van der Waals surface area contributed by atoms with Crippen LogP contribution in [0.15, 0.2) is 0 Å². The Morgan fingerprint density at radius 1 is 0.615 bits per heavy atom. The zero-order chi connectivity index (χ0) is 20.9. The molecule has 0 bridgehead atoms. The number of carbonyl (C=O) groups excluding carboxylic acids is 4. The molecule has 0 aromatic carbocycles. The third kappa shape index (κ3) is 340. The molecule has 0 spiro atoms. The maximum absolute atomic E-state index is 9.11. The number of amides is 4. The average Bonchev–Trinajstić information content (AvgIpc) is 2.22. The fourth-order valence-corrected chi connectivity index (χ4v) is 1.71. The molecule has 0 aliphatic rings. The zero-order valence-corrected chi connectivity index (χ0v) is 24.9. The minimum absolute atomic E-state index is 0. The monoisotopic (exact) mass is 458 g/mol. The normalized spacial score (nSPS) is 9.38. The molecular weight excluding hydrogens is 431 g/mol. The smallest absolute Gasteiger partial charge is 0.668 e. The van der Waals surface area contributed by atoms with E-state index in [4.69, 9.17) is 42.1 Å². The molecule has 0 aromatic rings. The topological polar surface area (TPSA) is 163 Å². The third-order valence-corrected chi connectivity index (χ3v) is 3.46. The second-order valence-electron chi connectivity index (χ2n) is 4.04. The molecule has 0 rings (SSSR count). The van der Waals surface area contributed by atoms with E-state index in [1.807, 2.05) is 0 Å². The van der Waals surface area contributed by atoms with Crippen LogP contribution in [0.2, 0.25) is 0 Å². The Kier molecular flexibility index (Phi) is 66.8. The Bertz CT molecular complexity index is 277. The van der Waals surface area contributed by atoms with Gasteiger partial charge in [0.25, 0.3) is 0 Å². The first-order valence-corrected chi connectivity index (χ1v) is 8.70. The van der Waals surface area contributed by atoms with E-state index < -0.39 is 23.6 Å². The van der Waals surface area contributed by atoms with Gasteiger partial charge in [-0.25, -0.2) is 0 Å². The average molecular weight is 459 g/mol.